The summed E-state index contributed by atoms with van der Waals surface area (Å²) < 4.78 is 5.25. The molecule has 6 heteroatoms. The highest BCUT2D eigenvalue weighted by Gasteiger charge is 2.18. The molecule has 3 aromatic rings. The molecule has 0 saturated heterocycles. The van der Waals surface area contributed by atoms with Crippen LogP contribution in [0.4, 0.5) is 4.79 Å². The van der Waals surface area contributed by atoms with Gasteiger partial charge in [0.05, 0.1) is 13.2 Å². The minimum atomic E-state index is -0.296. The maximum Gasteiger partial charge on any atom is 0.315 e. The Kier molecular flexibility index (Phi) is 7.86. The predicted octanol–water partition coefficient (Wildman–Crippen LogP) is 4.42. The van der Waals surface area contributed by atoms with Crippen LogP contribution in [-0.4, -0.2) is 25.1 Å². The highest BCUT2D eigenvalue weighted by molar-refractivity contribution is 5.94. The summed E-state index contributed by atoms with van der Waals surface area (Å²) in [6, 6.07) is 24.3. The number of nitrogens with one attached hydrogen (secondary N) is 3. The van der Waals surface area contributed by atoms with Gasteiger partial charge in [-0.15, -0.1) is 0 Å². The summed E-state index contributed by atoms with van der Waals surface area (Å²) in [6.07, 6.45) is 0. The van der Waals surface area contributed by atoms with Gasteiger partial charge in [0, 0.05) is 18.2 Å². The zero-order valence-corrected chi connectivity index (χ0v) is 18.6. The summed E-state index contributed by atoms with van der Waals surface area (Å²) in [5.41, 5.74) is 3.41. The maximum absolute atomic E-state index is 13.0. The number of ether oxygens (including phenoxy) is 1. The van der Waals surface area contributed by atoms with Crippen molar-refractivity contribution >= 4 is 11.9 Å². The zero-order chi connectivity index (χ0) is 22.9. The second-order valence-corrected chi connectivity index (χ2v) is 7.77. The lowest BCUT2D eigenvalue weighted by molar-refractivity contribution is 0.0943. The van der Waals surface area contributed by atoms with Crippen molar-refractivity contribution in [2.75, 3.05) is 7.11 Å². The molecule has 32 heavy (non-hydrogen) atoms. The molecule has 3 rings (SSSR count). The molecule has 0 aliphatic heterocycles. The van der Waals surface area contributed by atoms with Crippen molar-refractivity contribution in [3.8, 4) is 5.75 Å². The van der Waals surface area contributed by atoms with Gasteiger partial charge in [0.25, 0.3) is 5.91 Å². The van der Waals surface area contributed by atoms with Crippen molar-refractivity contribution in [3.63, 3.8) is 0 Å². The topological polar surface area (TPSA) is 79.5 Å². The quantitative estimate of drug-likeness (QED) is 0.494. The van der Waals surface area contributed by atoms with Gasteiger partial charge in [-0.3, -0.25) is 4.79 Å². The Balaban J connectivity index is 1.71. The molecule has 0 spiro atoms. The fourth-order valence-electron chi connectivity index (χ4n) is 3.28. The SMILES string of the molecule is COc1ccc([C@@H](NC(=O)c2ccc(CNC(=O)NC(C)C)cc2)c2ccccc2)cc1. The first-order valence-corrected chi connectivity index (χ1v) is 10.6. The van der Waals surface area contributed by atoms with Crippen molar-refractivity contribution in [1.82, 2.24) is 16.0 Å². The van der Waals surface area contributed by atoms with Gasteiger partial charge in [-0.1, -0.05) is 54.6 Å². The van der Waals surface area contributed by atoms with Crippen molar-refractivity contribution in [2.45, 2.75) is 32.5 Å². The second-order valence-electron chi connectivity index (χ2n) is 7.77. The molecule has 0 aliphatic carbocycles. The van der Waals surface area contributed by atoms with Crippen LogP contribution in [0.25, 0.3) is 0 Å². The van der Waals surface area contributed by atoms with Crippen molar-refractivity contribution < 1.29 is 14.3 Å². The van der Waals surface area contributed by atoms with E-state index in [1.165, 1.54) is 0 Å². The molecule has 166 valence electrons. The van der Waals surface area contributed by atoms with Crippen LogP contribution >= 0.6 is 0 Å². The van der Waals surface area contributed by atoms with Gasteiger partial charge < -0.3 is 20.7 Å². The highest BCUT2D eigenvalue weighted by Crippen LogP contribution is 2.24. The lowest BCUT2D eigenvalue weighted by Gasteiger charge is -2.20. The molecule has 3 N–H and O–H groups in total. The molecular formula is C26H29N3O3. The van der Waals surface area contributed by atoms with Gasteiger partial charge in [-0.25, -0.2) is 4.79 Å². The minimum absolute atomic E-state index is 0.0735. The van der Waals surface area contributed by atoms with Crippen LogP contribution < -0.4 is 20.7 Å². The van der Waals surface area contributed by atoms with Gasteiger partial charge >= 0.3 is 6.03 Å². The Labute approximate surface area is 189 Å². The molecule has 0 bridgehead atoms. The molecule has 3 aromatic carbocycles. The number of amides is 3. The molecule has 0 aromatic heterocycles. The highest BCUT2D eigenvalue weighted by atomic mass is 16.5. The van der Waals surface area contributed by atoms with E-state index in [9.17, 15) is 9.59 Å². The lowest BCUT2D eigenvalue weighted by Crippen LogP contribution is -2.39. The van der Waals surface area contributed by atoms with Gasteiger partial charge in [-0.2, -0.15) is 0 Å². The first kappa shape index (κ1) is 22.9. The van der Waals surface area contributed by atoms with Crippen LogP contribution in [0.1, 0.15) is 46.9 Å². The lowest BCUT2D eigenvalue weighted by atomic mass is 9.98. The molecule has 0 radical (unpaired) electrons. The largest absolute Gasteiger partial charge is 0.497 e. The molecular weight excluding hydrogens is 402 g/mol. The summed E-state index contributed by atoms with van der Waals surface area (Å²) in [6.45, 7) is 4.20. The Bertz CT molecular complexity index is 1020. The van der Waals surface area contributed by atoms with Crippen LogP contribution in [-0.2, 0) is 6.54 Å². The second kappa shape index (κ2) is 11.0. The van der Waals surface area contributed by atoms with E-state index in [0.29, 0.717) is 12.1 Å². The van der Waals surface area contributed by atoms with Gasteiger partial charge in [0.2, 0.25) is 0 Å². The summed E-state index contributed by atoms with van der Waals surface area (Å²) >= 11 is 0. The van der Waals surface area contributed by atoms with E-state index < -0.39 is 0 Å². The van der Waals surface area contributed by atoms with E-state index >= 15 is 0 Å². The van der Waals surface area contributed by atoms with E-state index in [4.69, 9.17) is 4.74 Å². The number of rotatable bonds is 8. The Morgan fingerprint density at radius 2 is 1.44 bits per heavy atom. The third kappa shape index (κ3) is 6.35. The molecule has 0 aliphatic rings. The smallest absolute Gasteiger partial charge is 0.315 e. The van der Waals surface area contributed by atoms with E-state index in [2.05, 4.69) is 16.0 Å². The van der Waals surface area contributed by atoms with E-state index in [0.717, 1.165) is 22.4 Å². The molecule has 6 nitrogen and oxygen atoms in total. The number of benzene rings is 3. The summed E-state index contributed by atoms with van der Waals surface area (Å²) in [4.78, 5) is 24.7. The molecule has 0 unspecified atom stereocenters. The number of methoxy groups -OCH3 is 1. The number of urea groups is 1. The first-order valence-electron chi connectivity index (χ1n) is 10.6. The van der Waals surface area contributed by atoms with Crippen LogP contribution in [0, 0.1) is 0 Å². The number of hydrogen-bond donors (Lipinski definition) is 3. The zero-order valence-electron chi connectivity index (χ0n) is 18.6. The summed E-state index contributed by atoms with van der Waals surface area (Å²) in [5, 5.41) is 8.72. The van der Waals surface area contributed by atoms with Crippen molar-refractivity contribution in [1.29, 1.82) is 0 Å². The van der Waals surface area contributed by atoms with Crippen LogP contribution in [0.5, 0.6) is 5.75 Å². The molecule has 1 atom stereocenters. The van der Waals surface area contributed by atoms with Gasteiger partial charge in [-0.05, 0) is 54.8 Å². The minimum Gasteiger partial charge on any atom is -0.497 e. The van der Waals surface area contributed by atoms with E-state index in [-0.39, 0.29) is 24.0 Å². The van der Waals surface area contributed by atoms with Gasteiger partial charge in [0.15, 0.2) is 0 Å². The molecule has 0 fully saturated rings. The maximum atomic E-state index is 13.0. The average molecular weight is 432 g/mol. The monoisotopic (exact) mass is 431 g/mol. The number of carbonyl (C=O) groups is 2. The number of hydrogen-bond acceptors (Lipinski definition) is 3. The Morgan fingerprint density at radius 1 is 0.812 bits per heavy atom. The predicted molar refractivity (Wildman–Crippen MR) is 126 cm³/mol. The third-order valence-corrected chi connectivity index (χ3v) is 4.95. The fourth-order valence-corrected chi connectivity index (χ4v) is 3.28. The van der Waals surface area contributed by atoms with E-state index in [1.54, 1.807) is 19.2 Å². The standard InChI is InChI=1S/C26H29N3O3/c1-18(2)28-26(31)27-17-19-9-11-22(12-10-19)25(30)29-24(20-7-5-4-6-8-20)21-13-15-23(32-3)16-14-21/h4-16,18,24H,17H2,1-3H3,(H,29,30)(H2,27,28,31)/t24-/m0/s1. The summed E-state index contributed by atoms with van der Waals surface area (Å²) in [7, 11) is 1.63. The Morgan fingerprint density at radius 3 is 2.03 bits per heavy atom. The van der Waals surface area contributed by atoms with Crippen molar-refractivity contribution in [3.05, 3.63) is 101 Å². The van der Waals surface area contributed by atoms with Crippen molar-refractivity contribution in [2.24, 2.45) is 0 Å². The average Bonchev–Trinajstić information content (AvgIpc) is 2.81. The summed E-state index contributed by atoms with van der Waals surface area (Å²) in [5.74, 6) is 0.588. The van der Waals surface area contributed by atoms with Crippen LogP contribution in [0.15, 0.2) is 78.9 Å². The molecule has 0 saturated carbocycles. The fraction of sp³-hybridized carbons (Fsp3) is 0.231. The van der Waals surface area contributed by atoms with Crippen LogP contribution in [0.2, 0.25) is 0 Å². The Hall–Kier alpha value is -3.80. The van der Waals surface area contributed by atoms with Gasteiger partial charge in [0.1, 0.15) is 5.75 Å². The normalized spacial score (nSPS) is 11.5. The first-order chi connectivity index (χ1) is 15.5. The molecule has 0 heterocycles. The van der Waals surface area contributed by atoms with Crippen LogP contribution in [0.3, 0.4) is 0 Å². The third-order valence-electron chi connectivity index (χ3n) is 4.95. The number of carbonyl (C=O) groups excluding carboxylic acids is 2. The van der Waals surface area contributed by atoms with E-state index in [1.807, 2.05) is 80.6 Å². The molecule has 3 amide bonds.